The van der Waals surface area contributed by atoms with E-state index in [0.717, 1.165) is 17.0 Å². The van der Waals surface area contributed by atoms with Gasteiger partial charge in [0.15, 0.2) is 0 Å². The van der Waals surface area contributed by atoms with Crippen LogP contribution in [0.5, 0.6) is 0 Å². The SMILES string of the molecule is FC(F)(F)c1ccc2cn(Cc3ccccc3)cc2c1. The summed E-state index contributed by atoms with van der Waals surface area (Å²) in [6, 6.07) is 13.6. The Morgan fingerprint density at radius 3 is 2.25 bits per heavy atom. The van der Waals surface area contributed by atoms with Crippen molar-refractivity contribution >= 4 is 10.8 Å². The summed E-state index contributed by atoms with van der Waals surface area (Å²) in [5.74, 6) is 0. The maximum atomic E-state index is 12.7. The number of hydrogen-bond acceptors (Lipinski definition) is 0. The number of nitrogens with zero attached hydrogens (tertiary/aromatic N) is 1. The number of fused-ring (bicyclic) bond motifs is 1. The van der Waals surface area contributed by atoms with Gasteiger partial charge in [-0.1, -0.05) is 36.4 Å². The van der Waals surface area contributed by atoms with E-state index in [1.807, 2.05) is 41.1 Å². The molecule has 20 heavy (non-hydrogen) atoms. The van der Waals surface area contributed by atoms with Gasteiger partial charge in [0.25, 0.3) is 0 Å². The van der Waals surface area contributed by atoms with E-state index >= 15 is 0 Å². The Balaban J connectivity index is 1.95. The minimum Gasteiger partial charge on any atom is -0.349 e. The van der Waals surface area contributed by atoms with Gasteiger partial charge in [-0.15, -0.1) is 0 Å². The van der Waals surface area contributed by atoms with E-state index in [9.17, 15) is 13.2 Å². The molecule has 0 fully saturated rings. The van der Waals surface area contributed by atoms with Crippen molar-refractivity contribution in [2.24, 2.45) is 0 Å². The van der Waals surface area contributed by atoms with Crippen LogP contribution in [0.2, 0.25) is 0 Å². The van der Waals surface area contributed by atoms with Crippen LogP contribution in [0.25, 0.3) is 10.8 Å². The van der Waals surface area contributed by atoms with Gasteiger partial charge in [-0.2, -0.15) is 13.2 Å². The minimum absolute atomic E-state index is 0.607. The smallest absolute Gasteiger partial charge is 0.349 e. The van der Waals surface area contributed by atoms with Gasteiger partial charge in [-0.05, 0) is 28.5 Å². The molecule has 102 valence electrons. The van der Waals surface area contributed by atoms with Gasteiger partial charge in [0, 0.05) is 18.9 Å². The van der Waals surface area contributed by atoms with Crippen molar-refractivity contribution < 1.29 is 13.2 Å². The number of halogens is 3. The Hall–Kier alpha value is -2.23. The normalized spacial score (nSPS) is 11.9. The Morgan fingerprint density at radius 2 is 1.55 bits per heavy atom. The monoisotopic (exact) mass is 275 g/mol. The van der Waals surface area contributed by atoms with Crippen molar-refractivity contribution in [1.29, 1.82) is 0 Å². The first-order chi connectivity index (χ1) is 9.52. The average Bonchev–Trinajstić information content (AvgIpc) is 2.80. The van der Waals surface area contributed by atoms with Crippen molar-refractivity contribution in [2.45, 2.75) is 12.7 Å². The molecular weight excluding hydrogens is 263 g/mol. The topological polar surface area (TPSA) is 4.93 Å². The molecule has 0 N–H and O–H groups in total. The van der Waals surface area contributed by atoms with E-state index in [0.29, 0.717) is 11.9 Å². The van der Waals surface area contributed by atoms with Crippen LogP contribution in [0.4, 0.5) is 13.2 Å². The first-order valence-electron chi connectivity index (χ1n) is 6.23. The first-order valence-corrected chi connectivity index (χ1v) is 6.23. The van der Waals surface area contributed by atoms with Crippen LogP contribution in [0.15, 0.2) is 60.9 Å². The molecule has 0 aliphatic carbocycles. The molecule has 2 aromatic carbocycles. The zero-order chi connectivity index (χ0) is 14.2. The van der Waals surface area contributed by atoms with E-state index in [1.165, 1.54) is 12.1 Å². The second-order valence-electron chi connectivity index (χ2n) is 4.76. The molecule has 0 aliphatic heterocycles. The molecule has 0 saturated heterocycles. The van der Waals surface area contributed by atoms with Gasteiger partial charge in [-0.25, -0.2) is 0 Å². The van der Waals surface area contributed by atoms with Crippen LogP contribution in [-0.4, -0.2) is 4.57 Å². The Bertz CT molecular complexity index is 726. The quantitative estimate of drug-likeness (QED) is 0.638. The molecule has 0 radical (unpaired) electrons. The second-order valence-corrected chi connectivity index (χ2v) is 4.76. The summed E-state index contributed by atoms with van der Waals surface area (Å²) >= 11 is 0. The highest BCUT2D eigenvalue weighted by Crippen LogP contribution is 2.31. The van der Waals surface area contributed by atoms with Crippen LogP contribution >= 0.6 is 0 Å². The third-order valence-electron chi connectivity index (χ3n) is 3.23. The Morgan fingerprint density at radius 1 is 0.850 bits per heavy atom. The van der Waals surface area contributed by atoms with Crippen LogP contribution < -0.4 is 0 Å². The van der Waals surface area contributed by atoms with Gasteiger partial charge < -0.3 is 4.57 Å². The minimum atomic E-state index is -4.30. The van der Waals surface area contributed by atoms with Gasteiger partial charge in [0.1, 0.15) is 0 Å². The molecule has 1 nitrogen and oxygen atoms in total. The predicted octanol–water partition coefficient (Wildman–Crippen LogP) is 4.71. The Labute approximate surface area is 114 Å². The zero-order valence-corrected chi connectivity index (χ0v) is 10.6. The summed E-state index contributed by atoms with van der Waals surface area (Å²) in [7, 11) is 0. The highest BCUT2D eigenvalue weighted by atomic mass is 19.4. The number of hydrogen-bond donors (Lipinski definition) is 0. The summed E-state index contributed by atoms with van der Waals surface area (Å²) in [5, 5.41) is 1.42. The van der Waals surface area contributed by atoms with Crippen LogP contribution in [0, 0.1) is 0 Å². The fourth-order valence-electron chi connectivity index (χ4n) is 2.26. The lowest BCUT2D eigenvalue weighted by Gasteiger charge is -2.05. The maximum Gasteiger partial charge on any atom is 0.416 e. The number of alkyl halides is 3. The molecule has 0 atom stereocenters. The lowest BCUT2D eigenvalue weighted by Crippen LogP contribution is -2.03. The fraction of sp³-hybridized carbons (Fsp3) is 0.125. The molecule has 0 bridgehead atoms. The predicted molar refractivity (Wildman–Crippen MR) is 72.5 cm³/mol. The molecule has 3 aromatic rings. The van der Waals surface area contributed by atoms with Crippen molar-refractivity contribution in [3.8, 4) is 0 Å². The van der Waals surface area contributed by atoms with Gasteiger partial charge in [0.05, 0.1) is 5.56 Å². The van der Waals surface area contributed by atoms with Gasteiger partial charge in [0.2, 0.25) is 0 Å². The number of benzene rings is 2. The fourth-order valence-corrected chi connectivity index (χ4v) is 2.26. The molecule has 1 aromatic heterocycles. The highest BCUT2D eigenvalue weighted by Gasteiger charge is 2.30. The van der Waals surface area contributed by atoms with Crippen molar-refractivity contribution in [3.05, 3.63) is 72.1 Å². The summed E-state index contributed by atoms with van der Waals surface area (Å²) in [5.41, 5.74) is 0.506. The van der Waals surface area contributed by atoms with E-state index in [1.54, 1.807) is 6.20 Å². The van der Waals surface area contributed by atoms with Gasteiger partial charge >= 0.3 is 6.18 Å². The van der Waals surface area contributed by atoms with Crippen molar-refractivity contribution in [3.63, 3.8) is 0 Å². The molecule has 0 amide bonds. The number of rotatable bonds is 2. The van der Waals surface area contributed by atoms with Crippen LogP contribution in [0.1, 0.15) is 11.1 Å². The lowest BCUT2D eigenvalue weighted by atomic mass is 10.1. The molecule has 3 rings (SSSR count). The van der Waals surface area contributed by atoms with E-state index in [2.05, 4.69) is 0 Å². The molecular formula is C16H12F3N. The first kappa shape index (κ1) is 12.8. The van der Waals surface area contributed by atoms with E-state index in [4.69, 9.17) is 0 Å². The van der Waals surface area contributed by atoms with E-state index < -0.39 is 11.7 Å². The largest absolute Gasteiger partial charge is 0.416 e. The van der Waals surface area contributed by atoms with E-state index in [-0.39, 0.29) is 0 Å². The van der Waals surface area contributed by atoms with Crippen LogP contribution in [0.3, 0.4) is 0 Å². The average molecular weight is 275 g/mol. The second kappa shape index (κ2) is 4.71. The summed E-state index contributed by atoms with van der Waals surface area (Å²) in [6.07, 6.45) is -0.685. The standard InChI is InChI=1S/C16H12F3N/c17-16(18,19)15-7-6-13-10-20(11-14(13)8-15)9-12-4-2-1-3-5-12/h1-8,10-11H,9H2. The zero-order valence-electron chi connectivity index (χ0n) is 10.6. The molecule has 0 unspecified atom stereocenters. The third-order valence-corrected chi connectivity index (χ3v) is 3.23. The molecule has 0 aliphatic rings. The van der Waals surface area contributed by atoms with Crippen molar-refractivity contribution in [1.82, 2.24) is 4.57 Å². The summed E-state index contributed by atoms with van der Waals surface area (Å²) < 4.78 is 39.9. The van der Waals surface area contributed by atoms with Gasteiger partial charge in [-0.3, -0.25) is 0 Å². The third kappa shape index (κ3) is 2.54. The molecule has 4 heteroatoms. The van der Waals surface area contributed by atoms with Crippen LogP contribution in [-0.2, 0) is 12.7 Å². The molecule has 0 spiro atoms. The highest BCUT2D eigenvalue weighted by molar-refractivity contribution is 5.83. The number of aromatic nitrogens is 1. The molecule has 0 saturated carbocycles. The maximum absolute atomic E-state index is 12.7. The lowest BCUT2D eigenvalue weighted by molar-refractivity contribution is -0.137. The molecule has 1 heterocycles. The summed E-state index contributed by atoms with van der Waals surface area (Å²) in [4.78, 5) is 0. The summed E-state index contributed by atoms with van der Waals surface area (Å²) in [6.45, 7) is 0.650. The Kier molecular flexibility index (Phi) is 3.01. The van der Waals surface area contributed by atoms with Crippen molar-refractivity contribution in [2.75, 3.05) is 0 Å².